The number of nitrogens with zero attached hydrogens (tertiary/aromatic N) is 1. The van der Waals surface area contributed by atoms with Gasteiger partial charge in [-0.3, -0.25) is 4.98 Å². The summed E-state index contributed by atoms with van der Waals surface area (Å²) in [6, 6.07) is 3.29. The number of hydrogen-bond acceptors (Lipinski definition) is 3. The van der Waals surface area contributed by atoms with Gasteiger partial charge in [0.2, 0.25) is 0 Å². The topological polar surface area (TPSA) is 39.2 Å². The Kier molecular flexibility index (Phi) is 2.88. The molecule has 0 radical (unpaired) electrons. The Bertz CT molecular complexity index is 363. The predicted molar refractivity (Wildman–Crippen MR) is 52.6 cm³/mol. The van der Waals surface area contributed by atoms with Crippen LogP contribution in [-0.4, -0.2) is 16.6 Å². The molecule has 72 valence electrons. The normalized spacial score (nSPS) is 10.4. The number of carbonyl (C=O) groups excluding carboxylic acids is 1. The maximum Gasteiger partial charge on any atom is 0.341 e. The van der Waals surface area contributed by atoms with Gasteiger partial charge < -0.3 is 4.74 Å². The van der Waals surface area contributed by atoms with Crippen LogP contribution in [0.4, 0.5) is 0 Å². The summed E-state index contributed by atoms with van der Waals surface area (Å²) in [7, 11) is 0. The van der Waals surface area contributed by atoms with E-state index in [0.717, 1.165) is 0 Å². The third-order valence-corrected chi connectivity index (χ3v) is 1.59. The van der Waals surface area contributed by atoms with Gasteiger partial charge in [-0.2, -0.15) is 0 Å². The lowest BCUT2D eigenvalue weighted by Gasteiger charge is -2.18. The quantitative estimate of drug-likeness (QED) is 0.524. The van der Waals surface area contributed by atoms with Gasteiger partial charge in [0.1, 0.15) is 0 Å². The molecule has 0 aromatic carbocycles. The zero-order valence-electron chi connectivity index (χ0n) is 8.15. The van der Waals surface area contributed by atoms with Gasteiger partial charge in [0, 0.05) is 12.4 Å². The molecule has 0 saturated heterocycles. The van der Waals surface area contributed by atoms with Crippen molar-refractivity contribution >= 4 is 5.97 Å². The van der Waals surface area contributed by atoms with Crippen LogP contribution in [0.15, 0.2) is 24.5 Å². The summed E-state index contributed by atoms with van der Waals surface area (Å²) in [6.07, 6.45) is 8.22. The van der Waals surface area contributed by atoms with Crippen molar-refractivity contribution < 1.29 is 9.53 Å². The number of rotatable bonds is 2. The fourth-order valence-electron chi connectivity index (χ4n) is 0.804. The maximum atomic E-state index is 11.5. The van der Waals surface area contributed by atoms with E-state index in [9.17, 15) is 4.79 Å². The molecule has 0 bridgehead atoms. The Morgan fingerprint density at radius 2 is 2.36 bits per heavy atom. The highest BCUT2D eigenvalue weighted by molar-refractivity contribution is 5.89. The largest absolute Gasteiger partial charge is 0.443 e. The summed E-state index contributed by atoms with van der Waals surface area (Å²) in [5.41, 5.74) is -0.483. The molecular weight excluding hydrogens is 178 g/mol. The third kappa shape index (κ3) is 2.60. The van der Waals surface area contributed by atoms with E-state index in [1.807, 2.05) is 0 Å². The highest BCUT2D eigenvalue weighted by atomic mass is 16.6. The number of terminal acetylenes is 1. The molecule has 0 aliphatic carbocycles. The predicted octanol–water partition coefficient (Wildman–Crippen LogP) is 1.65. The monoisotopic (exact) mass is 189 g/mol. The number of pyridine rings is 1. The van der Waals surface area contributed by atoms with E-state index in [0.29, 0.717) is 5.56 Å². The van der Waals surface area contributed by atoms with Crippen molar-refractivity contribution in [1.29, 1.82) is 0 Å². The van der Waals surface area contributed by atoms with Crippen molar-refractivity contribution in [3.05, 3.63) is 30.1 Å². The molecule has 0 N–H and O–H groups in total. The molecule has 3 nitrogen and oxygen atoms in total. The van der Waals surface area contributed by atoms with E-state index in [1.165, 1.54) is 6.20 Å². The first-order chi connectivity index (χ1) is 6.55. The van der Waals surface area contributed by atoms with Gasteiger partial charge in [0.05, 0.1) is 5.56 Å². The van der Waals surface area contributed by atoms with E-state index in [-0.39, 0.29) is 0 Å². The fourth-order valence-corrected chi connectivity index (χ4v) is 0.804. The molecule has 0 amide bonds. The SMILES string of the molecule is C#CC(C)(C)OC(=O)c1cccnc1. The molecule has 1 aromatic rings. The smallest absolute Gasteiger partial charge is 0.341 e. The summed E-state index contributed by atoms with van der Waals surface area (Å²) >= 11 is 0. The minimum absolute atomic E-state index is 0.399. The Hall–Kier alpha value is -1.82. The molecule has 0 aliphatic heterocycles. The summed E-state index contributed by atoms with van der Waals surface area (Å²) in [6.45, 7) is 3.31. The van der Waals surface area contributed by atoms with Gasteiger partial charge in [-0.1, -0.05) is 5.92 Å². The van der Waals surface area contributed by atoms with Crippen molar-refractivity contribution in [3.63, 3.8) is 0 Å². The lowest BCUT2D eigenvalue weighted by atomic mass is 10.1. The average Bonchev–Trinajstić information content (AvgIpc) is 2.19. The Morgan fingerprint density at radius 3 is 2.86 bits per heavy atom. The summed E-state index contributed by atoms with van der Waals surface area (Å²) in [5, 5.41) is 0. The highest BCUT2D eigenvalue weighted by Gasteiger charge is 2.20. The van der Waals surface area contributed by atoms with E-state index in [4.69, 9.17) is 11.2 Å². The number of ether oxygens (including phenoxy) is 1. The molecule has 14 heavy (non-hydrogen) atoms. The van der Waals surface area contributed by atoms with Gasteiger partial charge >= 0.3 is 5.97 Å². The molecule has 0 aliphatic rings. The molecular formula is C11H11NO2. The number of aromatic nitrogens is 1. The molecule has 3 heteroatoms. The lowest BCUT2D eigenvalue weighted by Crippen LogP contribution is -2.25. The summed E-state index contributed by atoms with van der Waals surface area (Å²) < 4.78 is 5.06. The standard InChI is InChI=1S/C11H11NO2/c1-4-11(2,3)14-10(13)9-6-5-7-12-8-9/h1,5-8H,2-3H3. The molecule has 1 heterocycles. The number of hydrogen-bond donors (Lipinski definition) is 0. The van der Waals surface area contributed by atoms with Crippen LogP contribution in [0.25, 0.3) is 0 Å². The van der Waals surface area contributed by atoms with Gasteiger partial charge in [-0.25, -0.2) is 4.79 Å². The first-order valence-corrected chi connectivity index (χ1v) is 4.16. The second-order valence-corrected chi connectivity index (χ2v) is 3.29. The molecule has 0 atom stereocenters. The summed E-state index contributed by atoms with van der Waals surface area (Å²) in [4.78, 5) is 15.3. The molecule has 0 fully saturated rings. The fraction of sp³-hybridized carbons (Fsp3) is 0.273. The Labute approximate surface area is 83.1 Å². The van der Waals surface area contributed by atoms with Gasteiger partial charge in [-0.15, -0.1) is 6.42 Å². The van der Waals surface area contributed by atoms with Gasteiger partial charge in [0.15, 0.2) is 5.60 Å². The average molecular weight is 189 g/mol. The van der Waals surface area contributed by atoms with Gasteiger partial charge in [-0.05, 0) is 26.0 Å². The van der Waals surface area contributed by atoms with Crippen molar-refractivity contribution in [2.45, 2.75) is 19.4 Å². The molecule has 1 aromatic heterocycles. The van der Waals surface area contributed by atoms with Crippen LogP contribution in [0, 0.1) is 12.3 Å². The first kappa shape index (κ1) is 10.3. The zero-order valence-corrected chi connectivity index (χ0v) is 8.15. The molecule has 0 spiro atoms. The van der Waals surface area contributed by atoms with Crippen LogP contribution in [0.5, 0.6) is 0 Å². The van der Waals surface area contributed by atoms with E-state index in [2.05, 4.69) is 10.9 Å². The Morgan fingerprint density at radius 1 is 1.64 bits per heavy atom. The van der Waals surface area contributed by atoms with Crippen LogP contribution >= 0.6 is 0 Å². The van der Waals surface area contributed by atoms with E-state index < -0.39 is 11.6 Å². The van der Waals surface area contributed by atoms with Crippen LogP contribution < -0.4 is 0 Å². The number of esters is 1. The highest BCUT2D eigenvalue weighted by Crippen LogP contribution is 2.10. The molecule has 0 saturated carbocycles. The van der Waals surface area contributed by atoms with Crippen LogP contribution in [0.1, 0.15) is 24.2 Å². The zero-order chi connectivity index (χ0) is 10.6. The minimum atomic E-state index is -0.882. The van der Waals surface area contributed by atoms with E-state index >= 15 is 0 Å². The molecule has 0 unspecified atom stereocenters. The van der Waals surface area contributed by atoms with Crippen LogP contribution in [0.3, 0.4) is 0 Å². The molecule has 1 rings (SSSR count). The first-order valence-electron chi connectivity index (χ1n) is 4.16. The van der Waals surface area contributed by atoms with Crippen molar-refractivity contribution in [2.24, 2.45) is 0 Å². The van der Waals surface area contributed by atoms with Crippen molar-refractivity contribution in [3.8, 4) is 12.3 Å². The van der Waals surface area contributed by atoms with Crippen LogP contribution in [0.2, 0.25) is 0 Å². The van der Waals surface area contributed by atoms with Crippen molar-refractivity contribution in [1.82, 2.24) is 4.98 Å². The minimum Gasteiger partial charge on any atom is -0.443 e. The third-order valence-electron chi connectivity index (χ3n) is 1.59. The maximum absolute atomic E-state index is 11.5. The Balaban J connectivity index is 2.75. The van der Waals surface area contributed by atoms with Crippen LogP contribution in [-0.2, 0) is 4.74 Å². The second kappa shape index (κ2) is 3.93. The van der Waals surface area contributed by atoms with Gasteiger partial charge in [0.25, 0.3) is 0 Å². The lowest BCUT2D eigenvalue weighted by molar-refractivity contribution is 0.0204. The van der Waals surface area contributed by atoms with Crippen molar-refractivity contribution in [2.75, 3.05) is 0 Å². The van der Waals surface area contributed by atoms with E-state index in [1.54, 1.807) is 32.2 Å². The summed E-state index contributed by atoms with van der Waals surface area (Å²) in [5.74, 6) is 1.92. The number of carbonyl (C=O) groups is 1. The second-order valence-electron chi connectivity index (χ2n) is 3.29.